The molecule has 3 nitrogen and oxygen atoms in total. The first-order chi connectivity index (χ1) is 10.6. The van der Waals surface area contributed by atoms with Crippen LogP contribution in [0.4, 0.5) is 5.69 Å². The molecule has 3 aromatic rings. The molecule has 0 spiro atoms. The third-order valence-electron chi connectivity index (χ3n) is 3.07. The summed E-state index contributed by atoms with van der Waals surface area (Å²) in [5.41, 5.74) is 5.36. The predicted molar refractivity (Wildman–Crippen MR) is 94.4 cm³/mol. The van der Waals surface area contributed by atoms with Crippen LogP contribution in [0.1, 0.15) is 5.56 Å². The molecule has 6 heteroatoms. The summed E-state index contributed by atoms with van der Waals surface area (Å²) < 4.78 is 0. The van der Waals surface area contributed by atoms with E-state index in [1.807, 2.05) is 30.3 Å². The van der Waals surface area contributed by atoms with E-state index in [0.29, 0.717) is 15.1 Å². The molecule has 110 valence electrons. The van der Waals surface area contributed by atoms with Gasteiger partial charge in [0.05, 0.1) is 27.5 Å². The lowest BCUT2D eigenvalue weighted by Gasteiger charge is -2.05. The van der Waals surface area contributed by atoms with Gasteiger partial charge in [0.2, 0.25) is 0 Å². The van der Waals surface area contributed by atoms with Gasteiger partial charge in [-0.2, -0.15) is 5.10 Å². The largest absolute Gasteiger partial charge is 0.278 e. The summed E-state index contributed by atoms with van der Waals surface area (Å²) in [5, 5.41) is 6.75. The molecule has 0 atom stereocenters. The second-order valence-corrected chi connectivity index (χ2v) is 5.75. The molecule has 1 heterocycles. The van der Waals surface area contributed by atoms with Crippen molar-refractivity contribution in [2.45, 2.75) is 0 Å². The van der Waals surface area contributed by atoms with E-state index in [1.165, 1.54) is 0 Å². The molecule has 0 bridgehead atoms. The Balaban J connectivity index is 1.88. The summed E-state index contributed by atoms with van der Waals surface area (Å²) in [4.78, 5) is 4.28. The molecular formula is C16H10Cl3N3. The molecule has 0 aliphatic rings. The highest BCUT2D eigenvalue weighted by Gasteiger charge is 2.03. The van der Waals surface area contributed by atoms with Crippen molar-refractivity contribution in [1.82, 2.24) is 4.98 Å². The monoisotopic (exact) mass is 349 g/mol. The second kappa shape index (κ2) is 6.53. The second-order valence-electron chi connectivity index (χ2n) is 4.53. The first kappa shape index (κ1) is 15.1. The van der Waals surface area contributed by atoms with Gasteiger partial charge in [0.1, 0.15) is 0 Å². The van der Waals surface area contributed by atoms with Gasteiger partial charge in [-0.1, -0.05) is 46.9 Å². The van der Waals surface area contributed by atoms with Gasteiger partial charge in [0.15, 0.2) is 0 Å². The zero-order chi connectivity index (χ0) is 15.5. The molecule has 2 aromatic carbocycles. The van der Waals surface area contributed by atoms with Crippen molar-refractivity contribution in [3.05, 3.63) is 69.3 Å². The van der Waals surface area contributed by atoms with Crippen LogP contribution in [-0.2, 0) is 0 Å². The number of aromatic nitrogens is 1. The molecule has 0 saturated carbocycles. The van der Waals surface area contributed by atoms with Crippen LogP contribution in [0.2, 0.25) is 15.1 Å². The van der Waals surface area contributed by atoms with E-state index < -0.39 is 0 Å². The van der Waals surface area contributed by atoms with Crippen LogP contribution in [0.25, 0.3) is 10.9 Å². The molecule has 0 aliphatic heterocycles. The number of hydrazone groups is 1. The Kier molecular flexibility index (Phi) is 4.48. The Morgan fingerprint density at radius 3 is 2.77 bits per heavy atom. The van der Waals surface area contributed by atoms with E-state index in [1.54, 1.807) is 24.5 Å². The summed E-state index contributed by atoms with van der Waals surface area (Å²) in [5.74, 6) is 0. The lowest BCUT2D eigenvalue weighted by molar-refractivity contribution is 1.33. The smallest absolute Gasteiger partial charge is 0.0738 e. The van der Waals surface area contributed by atoms with Crippen molar-refractivity contribution in [3.63, 3.8) is 0 Å². The molecule has 22 heavy (non-hydrogen) atoms. The van der Waals surface area contributed by atoms with Gasteiger partial charge in [-0.25, -0.2) is 0 Å². The number of hydrogen-bond donors (Lipinski definition) is 1. The van der Waals surface area contributed by atoms with Gasteiger partial charge in [0.25, 0.3) is 0 Å². The number of halogens is 3. The van der Waals surface area contributed by atoms with E-state index >= 15 is 0 Å². The molecule has 1 aromatic heterocycles. The summed E-state index contributed by atoms with van der Waals surface area (Å²) in [6, 6.07) is 12.7. The number of benzene rings is 2. The fourth-order valence-electron chi connectivity index (χ4n) is 2.01. The highest BCUT2D eigenvalue weighted by molar-refractivity contribution is 6.43. The van der Waals surface area contributed by atoms with Crippen molar-refractivity contribution in [3.8, 4) is 0 Å². The third-order valence-corrected chi connectivity index (χ3v) is 4.14. The molecule has 0 aliphatic carbocycles. The lowest BCUT2D eigenvalue weighted by Crippen LogP contribution is -1.93. The maximum atomic E-state index is 6.11. The summed E-state index contributed by atoms with van der Waals surface area (Å²) >= 11 is 18.1. The Labute approximate surface area is 142 Å². The topological polar surface area (TPSA) is 37.3 Å². The molecule has 1 N–H and O–H groups in total. The lowest BCUT2D eigenvalue weighted by atomic mass is 10.2. The Bertz CT molecular complexity index is 862. The molecule has 0 saturated heterocycles. The summed E-state index contributed by atoms with van der Waals surface area (Å²) in [6.45, 7) is 0. The van der Waals surface area contributed by atoms with Gasteiger partial charge in [-0.05, 0) is 30.3 Å². The Morgan fingerprint density at radius 2 is 1.91 bits per heavy atom. The van der Waals surface area contributed by atoms with Crippen molar-refractivity contribution < 1.29 is 0 Å². The van der Waals surface area contributed by atoms with Crippen LogP contribution in [0, 0.1) is 0 Å². The summed E-state index contributed by atoms with van der Waals surface area (Å²) in [7, 11) is 0. The SMILES string of the molecule is Clc1ccc2c(NN=Cc3cccc(Cl)c3Cl)ccnc2c1. The fraction of sp³-hybridized carbons (Fsp3) is 0. The number of anilines is 1. The Morgan fingerprint density at radius 1 is 1.05 bits per heavy atom. The minimum Gasteiger partial charge on any atom is -0.278 e. The highest BCUT2D eigenvalue weighted by Crippen LogP contribution is 2.25. The zero-order valence-electron chi connectivity index (χ0n) is 11.2. The van der Waals surface area contributed by atoms with Crippen LogP contribution in [-0.4, -0.2) is 11.2 Å². The van der Waals surface area contributed by atoms with Crippen LogP contribution < -0.4 is 5.43 Å². The number of pyridine rings is 1. The fourth-order valence-corrected chi connectivity index (χ4v) is 2.53. The van der Waals surface area contributed by atoms with Crippen molar-refractivity contribution in [2.24, 2.45) is 5.10 Å². The minimum absolute atomic E-state index is 0.473. The van der Waals surface area contributed by atoms with E-state index in [0.717, 1.165) is 22.2 Å². The van der Waals surface area contributed by atoms with Gasteiger partial charge in [-0.15, -0.1) is 0 Å². The van der Waals surface area contributed by atoms with Gasteiger partial charge in [0, 0.05) is 22.2 Å². The maximum absolute atomic E-state index is 6.11. The van der Waals surface area contributed by atoms with E-state index in [4.69, 9.17) is 34.8 Å². The number of hydrogen-bond acceptors (Lipinski definition) is 3. The van der Waals surface area contributed by atoms with Crippen molar-refractivity contribution in [1.29, 1.82) is 0 Å². The van der Waals surface area contributed by atoms with E-state index in [9.17, 15) is 0 Å². The highest BCUT2D eigenvalue weighted by atomic mass is 35.5. The van der Waals surface area contributed by atoms with Gasteiger partial charge >= 0.3 is 0 Å². The van der Waals surface area contributed by atoms with Crippen LogP contribution in [0.15, 0.2) is 53.8 Å². The van der Waals surface area contributed by atoms with Crippen LogP contribution in [0.5, 0.6) is 0 Å². The average molecular weight is 351 g/mol. The van der Waals surface area contributed by atoms with E-state index in [2.05, 4.69) is 15.5 Å². The third kappa shape index (κ3) is 3.17. The average Bonchev–Trinajstić information content (AvgIpc) is 2.51. The number of fused-ring (bicyclic) bond motifs is 1. The Hall–Kier alpha value is -1.81. The van der Waals surface area contributed by atoms with E-state index in [-0.39, 0.29) is 0 Å². The molecule has 0 radical (unpaired) electrons. The molecular weight excluding hydrogens is 341 g/mol. The van der Waals surface area contributed by atoms with Crippen molar-refractivity contribution >= 4 is 57.6 Å². The molecule has 0 unspecified atom stereocenters. The predicted octanol–water partition coefficient (Wildman–Crippen LogP) is 5.64. The first-order valence-electron chi connectivity index (χ1n) is 6.42. The van der Waals surface area contributed by atoms with Crippen LogP contribution >= 0.6 is 34.8 Å². The zero-order valence-corrected chi connectivity index (χ0v) is 13.5. The first-order valence-corrected chi connectivity index (χ1v) is 7.56. The maximum Gasteiger partial charge on any atom is 0.0738 e. The summed E-state index contributed by atoms with van der Waals surface area (Å²) in [6.07, 6.45) is 3.32. The van der Waals surface area contributed by atoms with Crippen LogP contribution in [0.3, 0.4) is 0 Å². The van der Waals surface area contributed by atoms with Gasteiger partial charge < -0.3 is 0 Å². The molecule has 3 rings (SSSR count). The molecule has 0 amide bonds. The minimum atomic E-state index is 0.473. The van der Waals surface area contributed by atoms with Gasteiger partial charge in [-0.3, -0.25) is 10.4 Å². The number of nitrogens with zero attached hydrogens (tertiary/aromatic N) is 2. The molecule has 0 fully saturated rings. The normalized spacial score (nSPS) is 11.2. The number of rotatable bonds is 3. The number of nitrogens with one attached hydrogen (secondary N) is 1. The standard InChI is InChI=1S/C16H10Cl3N3/c17-11-4-5-12-14(6-7-20-15(12)8-11)22-21-9-10-2-1-3-13(18)16(10)19/h1-9H,(H,20,22). The quantitative estimate of drug-likeness (QED) is 0.490. The van der Waals surface area contributed by atoms with Crippen molar-refractivity contribution in [2.75, 3.05) is 5.43 Å².